The summed E-state index contributed by atoms with van der Waals surface area (Å²) in [5.74, 6) is -1.39. The van der Waals surface area contributed by atoms with Gasteiger partial charge in [-0.05, 0) is 48.4 Å². The molecule has 0 aromatic heterocycles. The number of methoxy groups -OCH3 is 1. The quantitative estimate of drug-likeness (QED) is 0.596. The predicted molar refractivity (Wildman–Crippen MR) is 130 cm³/mol. The van der Waals surface area contributed by atoms with Crippen LogP contribution in [0.5, 0.6) is 0 Å². The van der Waals surface area contributed by atoms with E-state index in [2.05, 4.69) is 17.4 Å². The summed E-state index contributed by atoms with van der Waals surface area (Å²) in [5, 5.41) is 12.0. The number of ether oxygens (including phenoxy) is 2. The van der Waals surface area contributed by atoms with Crippen molar-refractivity contribution in [2.75, 3.05) is 20.3 Å². The number of likely N-dealkylation sites (tertiary alicyclic amines) is 1. The third-order valence-electron chi connectivity index (χ3n) is 7.04. The second kappa shape index (κ2) is 10.9. The Bertz CT molecular complexity index is 1040. The van der Waals surface area contributed by atoms with Crippen LogP contribution < -0.4 is 5.32 Å². The molecule has 0 spiro atoms. The zero-order chi connectivity index (χ0) is 24.9. The minimum atomic E-state index is -0.981. The second-order valence-corrected chi connectivity index (χ2v) is 9.17. The summed E-state index contributed by atoms with van der Waals surface area (Å²) in [4.78, 5) is 39.1. The van der Waals surface area contributed by atoms with E-state index in [0.717, 1.165) is 35.1 Å². The molecular formula is C27H32N2O6. The molecule has 2 amide bonds. The van der Waals surface area contributed by atoms with Crippen molar-refractivity contribution in [1.29, 1.82) is 0 Å². The van der Waals surface area contributed by atoms with Crippen LogP contribution in [0.4, 0.5) is 4.79 Å². The maximum Gasteiger partial charge on any atom is 0.407 e. The van der Waals surface area contributed by atoms with Crippen LogP contribution in [0.1, 0.15) is 49.7 Å². The maximum atomic E-state index is 13.4. The third-order valence-corrected chi connectivity index (χ3v) is 7.04. The Hall–Kier alpha value is -3.39. The summed E-state index contributed by atoms with van der Waals surface area (Å²) in [6, 6.07) is 14.8. The lowest BCUT2D eigenvalue weighted by Crippen LogP contribution is -2.57. The first kappa shape index (κ1) is 24.7. The van der Waals surface area contributed by atoms with E-state index in [1.54, 1.807) is 11.8 Å². The first-order valence-electron chi connectivity index (χ1n) is 12.1. The molecule has 2 aromatic rings. The number of nitrogens with zero attached hydrogens (tertiary/aromatic N) is 1. The van der Waals surface area contributed by atoms with Gasteiger partial charge in [-0.1, -0.05) is 48.5 Å². The van der Waals surface area contributed by atoms with Crippen LogP contribution in [0.2, 0.25) is 0 Å². The number of carbonyl (C=O) groups is 3. The van der Waals surface area contributed by atoms with Gasteiger partial charge in [0.2, 0.25) is 5.91 Å². The number of alkyl carbamates (subject to hydrolysis) is 1. The fourth-order valence-electron chi connectivity index (χ4n) is 5.17. The molecule has 0 bridgehead atoms. The molecule has 2 N–H and O–H groups in total. The molecule has 1 aliphatic heterocycles. The number of benzene rings is 2. The largest absolute Gasteiger partial charge is 0.481 e. The van der Waals surface area contributed by atoms with Crippen molar-refractivity contribution in [1.82, 2.24) is 10.2 Å². The van der Waals surface area contributed by atoms with Crippen molar-refractivity contribution in [3.05, 3.63) is 59.7 Å². The van der Waals surface area contributed by atoms with E-state index in [0.29, 0.717) is 13.0 Å². The first-order valence-corrected chi connectivity index (χ1v) is 12.1. The zero-order valence-corrected chi connectivity index (χ0v) is 20.1. The average Bonchev–Trinajstić information content (AvgIpc) is 3.19. The molecule has 8 heteroatoms. The Labute approximate surface area is 205 Å². The molecule has 3 atom stereocenters. The highest BCUT2D eigenvalue weighted by atomic mass is 16.5. The van der Waals surface area contributed by atoms with E-state index < -0.39 is 30.3 Å². The number of fused-ring (bicyclic) bond motifs is 3. The summed E-state index contributed by atoms with van der Waals surface area (Å²) in [5.41, 5.74) is 4.47. The summed E-state index contributed by atoms with van der Waals surface area (Å²) in [6.45, 7) is 2.28. The Morgan fingerprint density at radius 3 is 2.29 bits per heavy atom. The van der Waals surface area contributed by atoms with Gasteiger partial charge in [0.15, 0.2) is 0 Å². The van der Waals surface area contributed by atoms with Crippen LogP contribution in [0, 0.1) is 0 Å². The number of piperidine rings is 1. The highest BCUT2D eigenvalue weighted by Gasteiger charge is 2.37. The van der Waals surface area contributed by atoms with Crippen LogP contribution in [0.25, 0.3) is 11.1 Å². The van der Waals surface area contributed by atoms with Crippen molar-refractivity contribution in [2.24, 2.45) is 0 Å². The number of carboxylic acid groups (broad SMARTS) is 1. The normalized spacial score (nSPS) is 18.8. The lowest BCUT2D eigenvalue weighted by atomic mass is 9.97. The number of amides is 2. The van der Waals surface area contributed by atoms with E-state index >= 15 is 0 Å². The molecule has 2 aromatic carbocycles. The number of carbonyl (C=O) groups excluding carboxylic acids is 2. The molecular weight excluding hydrogens is 448 g/mol. The van der Waals surface area contributed by atoms with Crippen LogP contribution in [-0.2, 0) is 19.1 Å². The van der Waals surface area contributed by atoms with Crippen LogP contribution >= 0.6 is 0 Å². The van der Waals surface area contributed by atoms with E-state index in [-0.39, 0.29) is 24.9 Å². The van der Waals surface area contributed by atoms with Crippen LogP contribution in [0.15, 0.2) is 48.5 Å². The van der Waals surface area contributed by atoms with Crippen molar-refractivity contribution in [2.45, 2.75) is 56.7 Å². The topological polar surface area (TPSA) is 105 Å². The highest BCUT2D eigenvalue weighted by Crippen LogP contribution is 2.44. The van der Waals surface area contributed by atoms with Gasteiger partial charge in [0, 0.05) is 25.6 Å². The summed E-state index contributed by atoms with van der Waals surface area (Å²) < 4.78 is 11.0. The maximum absolute atomic E-state index is 13.4. The Kier molecular flexibility index (Phi) is 7.70. The minimum absolute atomic E-state index is 0.0933. The molecule has 4 rings (SSSR count). The van der Waals surface area contributed by atoms with Gasteiger partial charge in [-0.25, -0.2) is 4.79 Å². The minimum Gasteiger partial charge on any atom is -0.481 e. The third kappa shape index (κ3) is 5.32. The number of hydrogen-bond acceptors (Lipinski definition) is 5. The molecule has 1 aliphatic carbocycles. The van der Waals surface area contributed by atoms with Crippen LogP contribution in [-0.4, -0.2) is 66.4 Å². The van der Waals surface area contributed by atoms with Crippen molar-refractivity contribution < 1.29 is 29.0 Å². The van der Waals surface area contributed by atoms with Gasteiger partial charge in [0.25, 0.3) is 0 Å². The molecule has 8 nitrogen and oxygen atoms in total. The molecule has 35 heavy (non-hydrogen) atoms. The molecule has 0 saturated carbocycles. The lowest BCUT2D eigenvalue weighted by Gasteiger charge is -2.38. The molecule has 0 unspecified atom stereocenters. The zero-order valence-electron chi connectivity index (χ0n) is 20.1. The number of hydrogen-bond donors (Lipinski definition) is 2. The highest BCUT2D eigenvalue weighted by molar-refractivity contribution is 5.87. The van der Waals surface area contributed by atoms with Gasteiger partial charge < -0.3 is 24.8 Å². The van der Waals surface area contributed by atoms with Gasteiger partial charge >= 0.3 is 12.1 Å². The Morgan fingerprint density at radius 1 is 1.06 bits per heavy atom. The number of carboxylic acids is 1. The summed E-state index contributed by atoms with van der Waals surface area (Å²) in [6.07, 6.45) is 0.839. The van der Waals surface area contributed by atoms with E-state index in [4.69, 9.17) is 9.47 Å². The number of aliphatic carboxylic acids is 1. The van der Waals surface area contributed by atoms with E-state index in [9.17, 15) is 19.5 Å². The Balaban J connectivity index is 1.45. The summed E-state index contributed by atoms with van der Waals surface area (Å²) in [7, 11) is 1.47. The molecule has 1 heterocycles. The van der Waals surface area contributed by atoms with Gasteiger partial charge in [-0.2, -0.15) is 0 Å². The van der Waals surface area contributed by atoms with E-state index in [1.807, 2.05) is 36.4 Å². The fourth-order valence-corrected chi connectivity index (χ4v) is 5.17. The van der Waals surface area contributed by atoms with Crippen molar-refractivity contribution in [3.63, 3.8) is 0 Å². The van der Waals surface area contributed by atoms with Gasteiger partial charge in [-0.15, -0.1) is 0 Å². The Morgan fingerprint density at radius 2 is 1.69 bits per heavy atom. The van der Waals surface area contributed by atoms with Gasteiger partial charge in [0.1, 0.15) is 12.6 Å². The molecule has 2 aliphatic rings. The average molecular weight is 481 g/mol. The van der Waals surface area contributed by atoms with Crippen molar-refractivity contribution in [3.8, 4) is 11.1 Å². The van der Waals surface area contributed by atoms with Gasteiger partial charge in [0.05, 0.1) is 12.5 Å². The molecule has 186 valence electrons. The number of rotatable bonds is 8. The fraction of sp³-hybridized carbons (Fsp3) is 0.444. The SMILES string of the molecule is CO[C@H](C)[C@H](NC(=O)OCC1c2ccccc2-c2ccccc21)C(=O)N1CCCC[C@@H]1CC(=O)O. The van der Waals surface area contributed by atoms with Crippen molar-refractivity contribution >= 4 is 18.0 Å². The molecule has 0 radical (unpaired) electrons. The second-order valence-electron chi connectivity index (χ2n) is 9.17. The van der Waals surface area contributed by atoms with E-state index in [1.165, 1.54) is 7.11 Å². The number of nitrogens with one attached hydrogen (secondary N) is 1. The molecule has 1 fully saturated rings. The predicted octanol–water partition coefficient (Wildman–Crippen LogP) is 3.78. The first-order chi connectivity index (χ1) is 16.9. The summed E-state index contributed by atoms with van der Waals surface area (Å²) >= 11 is 0. The standard InChI is InChI=1S/C27H32N2O6/c1-17(34-2)25(26(32)29-14-8-7-9-18(29)15-24(30)31)28-27(33)35-16-23-21-12-5-3-10-19(21)20-11-4-6-13-22(20)23/h3-6,10-13,17-18,23,25H,7-9,14-16H2,1-2H3,(H,28,33)(H,30,31)/t17-,18-,25+/m1/s1. The lowest BCUT2D eigenvalue weighted by molar-refractivity contribution is -0.144. The van der Waals surface area contributed by atoms with Gasteiger partial charge in [-0.3, -0.25) is 9.59 Å². The van der Waals surface area contributed by atoms with Crippen LogP contribution in [0.3, 0.4) is 0 Å². The smallest absolute Gasteiger partial charge is 0.407 e. The molecule has 1 saturated heterocycles. The monoisotopic (exact) mass is 480 g/mol.